The first kappa shape index (κ1) is 12.7. The summed E-state index contributed by atoms with van der Waals surface area (Å²) in [5, 5.41) is 10.9. The van der Waals surface area contributed by atoms with E-state index in [0.29, 0.717) is 29.9 Å². The van der Waals surface area contributed by atoms with Crippen LogP contribution in [0.15, 0.2) is 12.1 Å². The Bertz CT molecular complexity index is 538. The molecule has 1 aliphatic carbocycles. The molecule has 20 heavy (non-hydrogen) atoms. The number of benzene rings is 1. The second-order valence-corrected chi connectivity index (χ2v) is 6.53. The van der Waals surface area contributed by atoms with Gasteiger partial charge in [0.2, 0.25) is 0 Å². The Morgan fingerprint density at radius 1 is 1.25 bits per heavy atom. The van der Waals surface area contributed by atoms with E-state index < -0.39 is 5.60 Å². The number of halogens is 1. The summed E-state index contributed by atoms with van der Waals surface area (Å²) in [5.74, 6) is 1.92. The van der Waals surface area contributed by atoms with Gasteiger partial charge in [-0.3, -0.25) is 4.90 Å². The molecule has 2 aliphatic heterocycles. The number of nitrogens with zero attached hydrogens (tertiary/aromatic N) is 1. The van der Waals surface area contributed by atoms with Gasteiger partial charge in [0.15, 0.2) is 11.5 Å². The first-order chi connectivity index (χ1) is 9.64. The van der Waals surface area contributed by atoms with Crippen molar-refractivity contribution < 1.29 is 14.6 Å². The van der Waals surface area contributed by atoms with E-state index in [1.807, 2.05) is 12.1 Å². The summed E-state index contributed by atoms with van der Waals surface area (Å²) in [6.45, 7) is 3.45. The van der Waals surface area contributed by atoms with Crippen molar-refractivity contribution in [1.29, 1.82) is 0 Å². The van der Waals surface area contributed by atoms with Gasteiger partial charge in [-0.2, -0.15) is 0 Å². The van der Waals surface area contributed by atoms with E-state index in [2.05, 4.69) is 4.90 Å². The van der Waals surface area contributed by atoms with E-state index >= 15 is 0 Å². The fourth-order valence-corrected chi connectivity index (χ4v) is 3.52. The summed E-state index contributed by atoms with van der Waals surface area (Å²) in [5.41, 5.74) is 0.676. The van der Waals surface area contributed by atoms with E-state index in [0.717, 1.165) is 30.9 Å². The van der Waals surface area contributed by atoms with Crippen molar-refractivity contribution in [3.05, 3.63) is 22.7 Å². The second-order valence-electron chi connectivity index (χ2n) is 6.12. The molecule has 0 aromatic heterocycles. The summed E-state index contributed by atoms with van der Waals surface area (Å²) in [4.78, 5) is 2.25. The Hall–Kier alpha value is -0.970. The average Bonchev–Trinajstić information content (AvgIpc) is 3.21. The molecule has 1 aromatic carbocycles. The molecular formula is C15H18ClNO3. The molecule has 0 spiro atoms. The Morgan fingerprint density at radius 3 is 2.75 bits per heavy atom. The highest BCUT2D eigenvalue weighted by atomic mass is 35.5. The number of ether oxygens (including phenoxy) is 2. The van der Waals surface area contributed by atoms with Crippen molar-refractivity contribution in [3.8, 4) is 11.5 Å². The highest BCUT2D eigenvalue weighted by Crippen LogP contribution is 2.45. The molecule has 1 saturated carbocycles. The third kappa shape index (κ3) is 2.16. The first-order valence-corrected chi connectivity index (χ1v) is 7.55. The van der Waals surface area contributed by atoms with Gasteiger partial charge in [0, 0.05) is 19.6 Å². The molecule has 4 rings (SSSR count). The molecule has 4 nitrogen and oxygen atoms in total. The van der Waals surface area contributed by atoms with Crippen molar-refractivity contribution in [2.24, 2.45) is 5.92 Å². The summed E-state index contributed by atoms with van der Waals surface area (Å²) in [7, 11) is 0. The largest absolute Gasteiger partial charge is 0.486 e. The van der Waals surface area contributed by atoms with E-state index in [4.69, 9.17) is 21.1 Å². The van der Waals surface area contributed by atoms with Crippen LogP contribution >= 0.6 is 11.6 Å². The topological polar surface area (TPSA) is 41.9 Å². The molecule has 1 N–H and O–H groups in total. The zero-order chi connectivity index (χ0) is 13.7. The highest BCUT2D eigenvalue weighted by molar-refractivity contribution is 6.32. The van der Waals surface area contributed by atoms with Crippen LogP contribution in [0.1, 0.15) is 18.4 Å². The van der Waals surface area contributed by atoms with Crippen LogP contribution in [0.5, 0.6) is 11.5 Å². The van der Waals surface area contributed by atoms with Gasteiger partial charge >= 0.3 is 0 Å². The Morgan fingerprint density at radius 2 is 2.00 bits per heavy atom. The van der Waals surface area contributed by atoms with Crippen molar-refractivity contribution in [3.63, 3.8) is 0 Å². The van der Waals surface area contributed by atoms with Crippen molar-refractivity contribution in [1.82, 2.24) is 4.90 Å². The smallest absolute Gasteiger partial charge is 0.179 e. The summed E-state index contributed by atoms with van der Waals surface area (Å²) in [6, 6.07) is 3.93. The number of hydrogen-bond donors (Lipinski definition) is 1. The van der Waals surface area contributed by atoms with Gasteiger partial charge in [0.1, 0.15) is 13.2 Å². The Kier molecular flexibility index (Phi) is 2.88. The van der Waals surface area contributed by atoms with Crippen molar-refractivity contribution >= 4 is 11.6 Å². The summed E-state index contributed by atoms with van der Waals surface area (Å²) >= 11 is 6.24. The molecule has 1 aromatic rings. The quantitative estimate of drug-likeness (QED) is 0.927. The van der Waals surface area contributed by atoms with Gasteiger partial charge < -0.3 is 14.6 Å². The third-order valence-corrected chi connectivity index (χ3v) is 4.68. The van der Waals surface area contributed by atoms with E-state index in [9.17, 15) is 5.11 Å². The van der Waals surface area contributed by atoms with Crippen LogP contribution in [0.2, 0.25) is 5.02 Å². The molecule has 3 aliphatic rings. The molecule has 1 saturated heterocycles. The maximum absolute atomic E-state index is 10.3. The Labute approximate surface area is 123 Å². The molecule has 2 fully saturated rings. The van der Waals surface area contributed by atoms with Crippen LogP contribution in [-0.2, 0) is 6.54 Å². The lowest BCUT2D eigenvalue weighted by Gasteiger charge is -2.47. The molecular weight excluding hydrogens is 278 g/mol. The Balaban J connectivity index is 1.46. The number of rotatable bonds is 3. The third-order valence-electron chi connectivity index (χ3n) is 4.39. The normalized spacial score (nSPS) is 24.3. The molecule has 5 heteroatoms. The monoisotopic (exact) mass is 295 g/mol. The minimum atomic E-state index is -0.433. The number of hydrogen-bond acceptors (Lipinski definition) is 4. The fraction of sp³-hybridized carbons (Fsp3) is 0.600. The zero-order valence-electron chi connectivity index (χ0n) is 11.3. The molecule has 108 valence electrons. The number of β-amino-alcohol motifs (C(OH)–C–C–N with tert-alkyl or cyclic N) is 1. The van der Waals surface area contributed by atoms with Crippen LogP contribution in [0, 0.1) is 5.92 Å². The zero-order valence-corrected chi connectivity index (χ0v) is 12.0. The molecule has 0 bridgehead atoms. The summed E-state index contributed by atoms with van der Waals surface area (Å²) in [6.07, 6.45) is 2.36. The number of likely N-dealkylation sites (tertiary alicyclic amines) is 1. The number of aliphatic hydroxyl groups is 1. The fourth-order valence-electron chi connectivity index (χ4n) is 3.23. The lowest BCUT2D eigenvalue weighted by molar-refractivity contribution is -0.116. The molecule has 0 radical (unpaired) electrons. The SMILES string of the molecule is OC1(C2CC2)CN(Cc2cc(Cl)c3c(c2)OCCO3)C1. The molecule has 0 unspecified atom stereocenters. The van der Waals surface area contributed by atoms with Gasteiger partial charge in [0.25, 0.3) is 0 Å². The van der Waals surface area contributed by atoms with E-state index in [-0.39, 0.29) is 0 Å². The standard InChI is InChI=1S/C15H18ClNO3/c16-12-5-10(6-13-14(12)20-4-3-19-13)7-17-8-15(18,9-17)11-1-2-11/h5-6,11,18H,1-4,7-9H2. The summed E-state index contributed by atoms with van der Waals surface area (Å²) < 4.78 is 11.1. The van der Waals surface area contributed by atoms with E-state index in [1.165, 1.54) is 12.8 Å². The lowest BCUT2D eigenvalue weighted by Crippen LogP contribution is -2.62. The highest BCUT2D eigenvalue weighted by Gasteiger charge is 2.51. The van der Waals surface area contributed by atoms with Gasteiger partial charge in [-0.1, -0.05) is 11.6 Å². The minimum Gasteiger partial charge on any atom is -0.486 e. The predicted octanol–water partition coefficient (Wildman–Crippen LogP) is 2.07. The van der Waals surface area contributed by atoms with Crippen LogP contribution in [-0.4, -0.2) is 41.9 Å². The average molecular weight is 296 g/mol. The van der Waals surface area contributed by atoms with Gasteiger partial charge in [-0.25, -0.2) is 0 Å². The van der Waals surface area contributed by atoms with Gasteiger partial charge in [-0.05, 0) is 36.5 Å². The maximum atomic E-state index is 10.3. The van der Waals surface area contributed by atoms with Gasteiger partial charge in [-0.15, -0.1) is 0 Å². The van der Waals surface area contributed by atoms with Crippen molar-refractivity contribution in [2.75, 3.05) is 26.3 Å². The molecule has 2 heterocycles. The van der Waals surface area contributed by atoms with Gasteiger partial charge in [0.05, 0.1) is 10.6 Å². The van der Waals surface area contributed by atoms with Crippen LogP contribution in [0.25, 0.3) is 0 Å². The molecule has 0 atom stereocenters. The molecule has 0 amide bonds. The minimum absolute atomic E-state index is 0.433. The van der Waals surface area contributed by atoms with Crippen LogP contribution in [0.3, 0.4) is 0 Å². The van der Waals surface area contributed by atoms with Crippen LogP contribution < -0.4 is 9.47 Å². The lowest BCUT2D eigenvalue weighted by atomic mass is 9.88. The maximum Gasteiger partial charge on any atom is 0.179 e. The van der Waals surface area contributed by atoms with Crippen LogP contribution in [0.4, 0.5) is 0 Å². The van der Waals surface area contributed by atoms with Crippen molar-refractivity contribution in [2.45, 2.75) is 25.0 Å². The van der Waals surface area contributed by atoms with E-state index in [1.54, 1.807) is 0 Å². The second kappa shape index (κ2) is 4.52. The first-order valence-electron chi connectivity index (χ1n) is 7.17. The number of fused-ring (bicyclic) bond motifs is 1. The predicted molar refractivity (Wildman–Crippen MR) is 75.4 cm³/mol.